The molecule has 0 amide bonds. The summed E-state index contributed by atoms with van der Waals surface area (Å²) in [5, 5.41) is 8.50. The molecule has 2 N–H and O–H groups in total. The number of nitrogens with zero attached hydrogens (tertiary/aromatic N) is 1. The first-order valence-electron chi connectivity index (χ1n) is 4.53. The molecule has 0 spiro atoms. The number of sulfonamides is 1. The van der Waals surface area contributed by atoms with Gasteiger partial charge in [-0.05, 0) is 18.6 Å². The van der Waals surface area contributed by atoms with Crippen LogP contribution in [0.25, 0.3) is 0 Å². The number of hydrogen-bond donors (Lipinski definition) is 2. The summed E-state index contributed by atoms with van der Waals surface area (Å²) in [4.78, 5) is 4.04. The largest absolute Gasteiger partial charge is 0.395 e. The van der Waals surface area contributed by atoms with Gasteiger partial charge in [-0.2, -0.15) is 0 Å². The quantitative estimate of drug-likeness (QED) is 0.734. The van der Waals surface area contributed by atoms with Crippen LogP contribution in [-0.4, -0.2) is 30.9 Å². The molecule has 1 rings (SSSR count). The molecule has 1 aromatic heterocycles. The Labute approximate surface area is 89.2 Å². The average molecular weight is 230 g/mol. The molecule has 6 heteroatoms. The number of aliphatic hydroxyl groups excluding tert-OH is 1. The van der Waals surface area contributed by atoms with Crippen LogP contribution in [0.1, 0.15) is 11.3 Å². The van der Waals surface area contributed by atoms with E-state index < -0.39 is 10.0 Å². The lowest BCUT2D eigenvalue weighted by atomic mass is 10.2. The minimum Gasteiger partial charge on any atom is -0.395 e. The highest BCUT2D eigenvalue weighted by Crippen LogP contribution is 1.99. The van der Waals surface area contributed by atoms with E-state index in [2.05, 4.69) is 9.71 Å². The maximum absolute atomic E-state index is 11.2. The fraction of sp³-hybridized carbons (Fsp3) is 0.444. The van der Waals surface area contributed by atoms with Gasteiger partial charge in [-0.3, -0.25) is 4.98 Å². The SMILES string of the molecule is Cc1ccc(CNS(=O)(=O)CCO)cn1. The van der Waals surface area contributed by atoms with Gasteiger partial charge in [0.2, 0.25) is 10.0 Å². The molecule has 0 unspecified atom stereocenters. The molecule has 84 valence electrons. The standard InChI is InChI=1S/C9H14N2O3S/c1-8-2-3-9(6-10-8)7-11-15(13,14)5-4-12/h2-3,6,11-12H,4-5,7H2,1H3. The highest BCUT2D eigenvalue weighted by molar-refractivity contribution is 7.89. The van der Waals surface area contributed by atoms with Gasteiger partial charge in [0.1, 0.15) is 0 Å². The van der Waals surface area contributed by atoms with Crippen molar-refractivity contribution in [2.24, 2.45) is 0 Å². The Morgan fingerprint density at radius 2 is 2.20 bits per heavy atom. The molecule has 5 nitrogen and oxygen atoms in total. The zero-order valence-corrected chi connectivity index (χ0v) is 9.29. The van der Waals surface area contributed by atoms with E-state index in [0.29, 0.717) is 0 Å². The molecule has 0 aromatic carbocycles. The van der Waals surface area contributed by atoms with Crippen molar-refractivity contribution in [3.8, 4) is 0 Å². The van der Waals surface area contributed by atoms with E-state index in [0.717, 1.165) is 11.3 Å². The molecular formula is C9H14N2O3S. The normalized spacial score (nSPS) is 11.6. The number of aromatic nitrogens is 1. The lowest BCUT2D eigenvalue weighted by Crippen LogP contribution is -2.27. The molecule has 1 aromatic rings. The number of pyridine rings is 1. The third-order valence-corrected chi connectivity index (χ3v) is 3.13. The van der Waals surface area contributed by atoms with Crippen LogP contribution in [0.4, 0.5) is 0 Å². The molecular weight excluding hydrogens is 216 g/mol. The maximum atomic E-state index is 11.2. The molecule has 0 aliphatic carbocycles. The lowest BCUT2D eigenvalue weighted by Gasteiger charge is -2.04. The summed E-state index contributed by atoms with van der Waals surface area (Å²) >= 11 is 0. The van der Waals surface area contributed by atoms with Crippen LogP contribution in [0, 0.1) is 6.92 Å². The fourth-order valence-electron chi connectivity index (χ4n) is 0.989. The van der Waals surface area contributed by atoms with Crippen LogP contribution in [-0.2, 0) is 16.6 Å². The minimum atomic E-state index is -3.37. The molecule has 1 heterocycles. The van der Waals surface area contributed by atoms with Gasteiger partial charge in [-0.25, -0.2) is 13.1 Å². The number of nitrogens with one attached hydrogen (secondary N) is 1. The van der Waals surface area contributed by atoms with Crippen molar-refractivity contribution < 1.29 is 13.5 Å². The zero-order chi connectivity index (χ0) is 11.3. The van der Waals surface area contributed by atoms with E-state index in [-0.39, 0.29) is 18.9 Å². The highest BCUT2D eigenvalue weighted by Gasteiger charge is 2.08. The van der Waals surface area contributed by atoms with Crippen molar-refractivity contribution in [3.63, 3.8) is 0 Å². The first-order chi connectivity index (χ1) is 7.03. The number of aryl methyl sites for hydroxylation is 1. The Kier molecular flexibility index (Phi) is 4.19. The van der Waals surface area contributed by atoms with Gasteiger partial charge in [0, 0.05) is 18.4 Å². The molecule has 0 aliphatic rings. The number of rotatable bonds is 5. The Bertz CT molecular complexity index is 400. The smallest absolute Gasteiger partial charge is 0.214 e. The van der Waals surface area contributed by atoms with Gasteiger partial charge in [0.25, 0.3) is 0 Å². The summed E-state index contributed by atoms with van der Waals surface area (Å²) in [5.41, 5.74) is 1.68. The minimum absolute atomic E-state index is 0.204. The molecule has 0 saturated heterocycles. The van der Waals surface area contributed by atoms with Crippen molar-refractivity contribution in [3.05, 3.63) is 29.6 Å². The van der Waals surface area contributed by atoms with E-state index in [4.69, 9.17) is 5.11 Å². The molecule has 0 atom stereocenters. The van der Waals surface area contributed by atoms with Crippen molar-refractivity contribution in [2.45, 2.75) is 13.5 Å². The van der Waals surface area contributed by atoms with Gasteiger partial charge >= 0.3 is 0 Å². The van der Waals surface area contributed by atoms with Gasteiger partial charge in [0.05, 0.1) is 12.4 Å². The van der Waals surface area contributed by atoms with Crippen molar-refractivity contribution in [1.29, 1.82) is 0 Å². The highest BCUT2D eigenvalue weighted by atomic mass is 32.2. The van der Waals surface area contributed by atoms with Crippen LogP contribution in [0.3, 0.4) is 0 Å². The average Bonchev–Trinajstić information content (AvgIpc) is 2.17. The second-order valence-electron chi connectivity index (χ2n) is 3.17. The third-order valence-electron chi connectivity index (χ3n) is 1.83. The van der Waals surface area contributed by atoms with E-state index in [1.165, 1.54) is 0 Å². The molecule has 0 saturated carbocycles. The molecule has 0 aliphatic heterocycles. The molecule has 0 bridgehead atoms. The van der Waals surface area contributed by atoms with E-state index in [1.54, 1.807) is 6.20 Å². The Hall–Kier alpha value is -0.980. The summed E-state index contributed by atoms with van der Waals surface area (Å²) in [6.07, 6.45) is 1.62. The molecule has 0 radical (unpaired) electrons. The van der Waals surface area contributed by atoms with E-state index in [9.17, 15) is 8.42 Å². The first-order valence-corrected chi connectivity index (χ1v) is 6.18. The fourth-order valence-corrected chi connectivity index (χ4v) is 1.76. The molecule has 0 fully saturated rings. The Morgan fingerprint density at radius 1 is 1.47 bits per heavy atom. The topological polar surface area (TPSA) is 79.3 Å². The van der Waals surface area contributed by atoms with Crippen LogP contribution in [0.15, 0.2) is 18.3 Å². The monoisotopic (exact) mass is 230 g/mol. The van der Waals surface area contributed by atoms with Crippen LogP contribution in [0.2, 0.25) is 0 Å². The van der Waals surface area contributed by atoms with E-state index in [1.807, 2.05) is 19.1 Å². The summed E-state index contributed by atoms with van der Waals surface area (Å²) in [5.74, 6) is -0.272. The van der Waals surface area contributed by atoms with Crippen molar-refractivity contribution in [1.82, 2.24) is 9.71 Å². The van der Waals surface area contributed by atoms with Crippen molar-refractivity contribution in [2.75, 3.05) is 12.4 Å². The van der Waals surface area contributed by atoms with Crippen LogP contribution < -0.4 is 4.72 Å². The summed E-state index contributed by atoms with van der Waals surface area (Å²) in [6, 6.07) is 3.62. The van der Waals surface area contributed by atoms with Crippen molar-refractivity contribution >= 4 is 10.0 Å². The lowest BCUT2D eigenvalue weighted by molar-refractivity contribution is 0.319. The second kappa shape index (κ2) is 5.20. The van der Waals surface area contributed by atoms with Gasteiger partial charge in [-0.1, -0.05) is 6.07 Å². The Balaban J connectivity index is 2.54. The second-order valence-corrected chi connectivity index (χ2v) is 5.10. The summed E-state index contributed by atoms with van der Waals surface area (Å²) in [6.45, 7) is 1.69. The summed E-state index contributed by atoms with van der Waals surface area (Å²) in [7, 11) is -3.37. The predicted molar refractivity (Wildman–Crippen MR) is 56.7 cm³/mol. The van der Waals surface area contributed by atoms with Gasteiger partial charge in [-0.15, -0.1) is 0 Å². The van der Waals surface area contributed by atoms with Gasteiger partial charge < -0.3 is 5.11 Å². The number of aliphatic hydroxyl groups is 1. The maximum Gasteiger partial charge on any atom is 0.214 e. The van der Waals surface area contributed by atoms with Crippen LogP contribution >= 0.6 is 0 Å². The van der Waals surface area contributed by atoms with Gasteiger partial charge in [0.15, 0.2) is 0 Å². The Morgan fingerprint density at radius 3 is 2.73 bits per heavy atom. The molecule has 15 heavy (non-hydrogen) atoms. The zero-order valence-electron chi connectivity index (χ0n) is 8.47. The third kappa shape index (κ3) is 4.37. The first kappa shape index (κ1) is 12.1. The van der Waals surface area contributed by atoms with E-state index >= 15 is 0 Å². The predicted octanol–water partition coefficient (Wildman–Crippen LogP) is -0.198. The number of hydrogen-bond acceptors (Lipinski definition) is 4. The summed E-state index contributed by atoms with van der Waals surface area (Å²) < 4.78 is 24.7. The van der Waals surface area contributed by atoms with Crippen LogP contribution in [0.5, 0.6) is 0 Å².